The minimum Gasteiger partial charge on any atom is -0.338 e. The molecule has 2 rings (SSSR count). The summed E-state index contributed by atoms with van der Waals surface area (Å²) in [6.45, 7) is 3.49. The Balaban J connectivity index is 2.01. The van der Waals surface area contributed by atoms with Crippen LogP contribution in [-0.4, -0.2) is 45.0 Å². The fourth-order valence-electron chi connectivity index (χ4n) is 2.41. The van der Waals surface area contributed by atoms with Crippen LogP contribution in [0, 0.1) is 0 Å². The monoisotopic (exact) mass is 311 g/mol. The summed E-state index contributed by atoms with van der Waals surface area (Å²) in [6, 6.07) is 7.90. The number of nitrogens with zero attached hydrogens (tertiary/aromatic N) is 1. The van der Waals surface area contributed by atoms with Crippen molar-refractivity contribution in [1.29, 1.82) is 0 Å². The van der Waals surface area contributed by atoms with Gasteiger partial charge in [0.15, 0.2) is 0 Å². The number of likely N-dealkylation sites (tertiary alicyclic amines) is 1. The van der Waals surface area contributed by atoms with Gasteiger partial charge in [-0.3, -0.25) is 0 Å². The zero-order chi connectivity index (χ0) is 15.3. The van der Waals surface area contributed by atoms with Crippen LogP contribution in [0.3, 0.4) is 0 Å². The van der Waals surface area contributed by atoms with Gasteiger partial charge in [-0.1, -0.05) is 18.2 Å². The number of amides is 2. The number of hydrogen-bond donors (Lipinski definition) is 2. The van der Waals surface area contributed by atoms with Gasteiger partial charge in [-0.25, -0.2) is 17.9 Å². The van der Waals surface area contributed by atoms with Gasteiger partial charge < -0.3 is 10.2 Å². The van der Waals surface area contributed by atoms with Crippen LogP contribution in [0.4, 0.5) is 4.79 Å². The third-order valence-electron chi connectivity index (χ3n) is 3.41. The number of carbonyl (C=O) groups is 1. The lowest BCUT2D eigenvalue weighted by atomic mass is 10.1. The van der Waals surface area contributed by atoms with Crippen LogP contribution < -0.4 is 10.0 Å². The van der Waals surface area contributed by atoms with Crippen molar-refractivity contribution in [3.05, 3.63) is 30.3 Å². The molecule has 0 saturated carbocycles. The third-order valence-corrected chi connectivity index (χ3v) is 4.95. The van der Waals surface area contributed by atoms with Crippen LogP contribution in [0.2, 0.25) is 0 Å². The summed E-state index contributed by atoms with van der Waals surface area (Å²) in [5.74, 6) is 0. The topological polar surface area (TPSA) is 78.5 Å². The summed E-state index contributed by atoms with van der Waals surface area (Å²) < 4.78 is 27.2. The Kier molecular flexibility index (Phi) is 5.19. The second-order valence-electron chi connectivity index (χ2n) is 5.05. The van der Waals surface area contributed by atoms with Crippen LogP contribution in [0.1, 0.15) is 19.8 Å². The summed E-state index contributed by atoms with van der Waals surface area (Å²) in [5, 5.41) is 2.74. The lowest BCUT2D eigenvalue weighted by molar-refractivity contribution is 0.178. The molecule has 1 aromatic carbocycles. The molecule has 2 N–H and O–H groups in total. The molecular weight excluding hydrogens is 290 g/mol. The van der Waals surface area contributed by atoms with Crippen LogP contribution in [0.5, 0.6) is 0 Å². The number of urea groups is 1. The molecule has 0 aromatic heterocycles. The minimum absolute atomic E-state index is 0.138. The molecule has 1 heterocycles. The summed E-state index contributed by atoms with van der Waals surface area (Å²) in [5.41, 5.74) is 0. The van der Waals surface area contributed by atoms with Gasteiger partial charge in [-0.15, -0.1) is 0 Å². The van der Waals surface area contributed by atoms with E-state index in [1.165, 1.54) is 0 Å². The number of benzene rings is 1. The van der Waals surface area contributed by atoms with Crippen molar-refractivity contribution in [2.45, 2.75) is 30.7 Å². The molecular formula is C14H21N3O3S. The van der Waals surface area contributed by atoms with Gasteiger partial charge in [0.1, 0.15) is 0 Å². The quantitative estimate of drug-likeness (QED) is 0.876. The summed E-state index contributed by atoms with van der Waals surface area (Å²) in [4.78, 5) is 13.7. The molecule has 0 unspecified atom stereocenters. The first-order chi connectivity index (χ1) is 10.0. The van der Waals surface area contributed by atoms with Crippen molar-refractivity contribution in [1.82, 2.24) is 14.9 Å². The average Bonchev–Trinajstić information content (AvgIpc) is 2.48. The largest absolute Gasteiger partial charge is 0.338 e. The van der Waals surface area contributed by atoms with Crippen molar-refractivity contribution < 1.29 is 13.2 Å². The highest BCUT2D eigenvalue weighted by Gasteiger charge is 2.27. The third kappa shape index (κ3) is 4.18. The van der Waals surface area contributed by atoms with E-state index in [1.54, 1.807) is 35.2 Å². The first-order valence-electron chi connectivity index (χ1n) is 7.13. The van der Waals surface area contributed by atoms with Gasteiger partial charge in [-0.05, 0) is 31.9 Å². The van der Waals surface area contributed by atoms with Gasteiger partial charge >= 0.3 is 6.03 Å². The van der Waals surface area contributed by atoms with Crippen LogP contribution >= 0.6 is 0 Å². The number of sulfonamides is 1. The smallest absolute Gasteiger partial charge is 0.317 e. The molecule has 1 aliphatic rings. The van der Waals surface area contributed by atoms with Crippen molar-refractivity contribution in [3.8, 4) is 0 Å². The Morgan fingerprint density at radius 3 is 2.71 bits per heavy atom. The van der Waals surface area contributed by atoms with E-state index in [1.807, 2.05) is 6.92 Å². The first kappa shape index (κ1) is 15.8. The van der Waals surface area contributed by atoms with E-state index in [-0.39, 0.29) is 17.0 Å². The second kappa shape index (κ2) is 6.91. The molecule has 0 aliphatic carbocycles. The fourth-order valence-corrected chi connectivity index (χ4v) is 3.69. The summed E-state index contributed by atoms with van der Waals surface area (Å²) in [7, 11) is -3.53. The lowest BCUT2D eigenvalue weighted by Gasteiger charge is -2.32. The zero-order valence-corrected chi connectivity index (χ0v) is 12.9. The SMILES string of the molecule is CCNC(=O)N1CCC[C@@H](NS(=O)(=O)c2ccccc2)C1. The number of rotatable bonds is 4. The van der Waals surface area contributed by atoms with Crippen molar-refractivity contribution >= 4 is 16.1 Å². The van der Waals surface area contributed by atoms with E-state index in [0.29, 0.717) is 19.6 Å². The van der Waals surface area contributed by atoms with Crippen molar-refractivity contribution in [3.63, 3.8) is 0 Å². The van der Waals surface area contributed by atoms with Crippen LogP contribution in [-0.2, 0) is 10.0 Å². The molecule has 7 heteroatoms. The van der Waals surface area contributed by atoms with Crippen LogP contribution in [0.25, 0.3) is 0 Å². The van der Waals surface area contributed by atoms with E-state index in [2.05, 4.69) is 10.0 Å². The van der Waals surface area contributed by atoms with E-state index in [4.69, 9.17) is 0 Å². The van der Waals surface area contributed by atoms with Gasteiger partial charge in [0.05, 0.1) is 4.90 Å². The maximum Gasteiger partial charge on any atom is 0.317 e. The molecule has 1 aliphatic heterocycles. The Hall–Kier alpha value is -1.60. The number of piperidine rings is 1. The Morgan fingerprint density at radius 1 is 1.33 bits per heavy atom. The molecule has 2 amide bonds. The zero-order valence-electron chi connectivity index (χ0n) is 12.1. The minimum atomic E-state index is -3.53. The molecule has 21 heavy (non-hydrogen) atoms. The predicted molar refractivity (Wildman–Crippen MR) is 80.4 cm³/mol. The van der Waals surface area contributed by atoms with Crippen molar-refractivity contribution in [2.75, 3.05) is 19.6 Å². The van der Waals surface area contributed by atoms with Gasteiger partial charge in [0.2, 0.25) is 10.0 Å². The predicted octanol–water partition coefficient (Wildman–Crippen LogP) is 1.16. The summed E-state index contributed by atoms with van der Waals surface area (Å²) in [6.07, 6.45) is 1.53. The molecule has 0 bridgehead atoms. The maximum absolute atomic E-state index is 12.3. The highest BCUT2D eigenvalue weighted by Crippen LogP contribution is 2.14. The molecule has 0 spiro atoms. The van der Waals surface area contributed by atoms with E-state index < -0.39 is 10.0 Å². The Bertz CT molecular complexity index is 574. The Morgan fingerprint density at radius 2 is 2.05 bits per heavy atom. The number of carbonyl (C=O) groups excluding carboxylic acids is 1. The highest BCUT2D eigenvalue weighted by molar-refractivity contribution is 7.89. The normalized spacial score (nSPS) is 19.3. The van der Waals surface area contributed by atoms with E-state index in [9.17, 15) is 13.2 Å². The summed E-state index contributed by atoms with van der Waals surface area (Å²) >= 11 is 0. The molecule has 1 atom stereocenters. The average molecular weight is 311 g/mol. The lowest BCUT2D eigenvalue weighted by Crippen LogP contribution is -2.52. The number of hydrogen-bond acceptors (Lipinski definition) is 3. The fraction of sp³-hybridized carbons (Fsp3) is 0.500. The molecule has 0 radical (unpaired) electrons. The van der Waals surface area contributed by atoms with Gasteiger partial charge in [0, 0.05) is 25.7 Å². The second-order valence-corrected chi connectivity index (χ2v) is 6.77. The molecule has 1 saturated heterocycles. The molecule has 1 aromatic rings. The first-order valence-corrected chi connectivity index (χ1v) is 8.61. The number of nitrogens with one attached hydrogen (secondary N) is 2. The molecule has 6 nitrogen and oxygen atoms in total. The van der Waals surface area contributed by atoms with Crippen LogP contribution in [0.15, 0.2) is 35.2 Å². The Labute approximate surface area is 125 Å². The standard InChI is InChI=1S/C14H21N3O3S/c1-2-15-14(18)17-10-6-7-12(11-17)16-21(19,20)13-8-4-3-5-9-13/h3-5,8-9,12,16H,2,6-7,10-11H2,1H3,(H,15,18)/t12-/m1/s1. The van der Waals surface area contributed by atoms with E-state index in [0.717, 1.165) is 12.8 Å². The van der Waals surface area contributed by atoms with E-state index >= 15 is 0 Å². The maximum atomic E-state index is 12.3. The highest BCUT2D eigenvalue weighted by atomic mass is 32.2. The molecule has 1 fully saturated rings. The van der Waals surface area contributed by atoms with Gasteiger partial charge in [0.25, 0.3) is 0 Å². The molecule has 116 valence electrons. The van der Waals surface area contributed by atoms with Gasteiger partial charge in [-0.2, -0.15) is 0 Å². The van der Waals surface area contributed by atoms with Crippen molar-refractivity contribution in [2.24, 2.45) is 0 Å².